The van der Waals surface area contributed by atoms with E-state index < -0.39 is 5.97 Å². The first-order chi connectivity index (χ1) is 10.2. The molecule has 0 amide bonds. The molecule has 3 rings (SSSR count). The first kappa shape index (κ1) is 13.5. The fourth-order valence-corrected chi connectivity index (χ4v) is 2.39. The average Bonchev–Trinajstić information content (AvgIpc) is 2.49. The number of fused-ring (bicyclic) bond motifs is 1. The van der Waals surface area contributed by atoms with Crippen LogP contribution in [-0.2, 0) is 0 Å². The van der Waals surface area contributed by atoms with Gasteiger partial charge in [0.2, 0.25) is 0 Å². The molecule has 3 nitrogen and oxygen atoms in total. The second-order valence-electron chi connectivity index (χ2n) is 4.50. The molecule has 3 aromatic rings. The molecule has 0 aliphatic heterocycles. The van der Waals surface area contributed by atoms with Crippen LogP contribution < -0.4 is 4.74 Å². The molecular formula is C17H11ClO3. The zero-order valence-electron chi connectivity index (χ0n) is 10.9. The summed E-state index contributed by atoms with van der Waals surface area (Å²) in [4.78, 5) is 11.3. The molecule has 1 N–H and O–H groups in total. The summed E-state index contributed by atoms with van der Waals surface area (Å²) in [6.07, 6.45) is 0. The van der Waals surface area contributed by atoms with Crippen LogP contribution in [0.1, 0.15) is 10.4 Å². The van der Waals surface area contributed by atoms with E-state index >= 15 is 0 Å². The second-order valence-corrected chi connectivity index (χ2v) is 4.91. The topological polar surface area (TPSA) is 46.5 Å². The molecule has 0 radical (unpaired) electrons. The van der Waals surface area contributed by atoms with Crippen LogP contribution in [0.2, 0.25) is 5.02 Å². The number of halogens is 1. The average molecular weight is 299 g/mol. The van der Waals surface area contributed by atoms with Gasteiger partial charge in [-0.15, -0.1) is 0 Å². The number of carboxylic acids is 1. The molecule has 0 aliphatic rings. The number of carbonyl (C=O) groups is 1. The zero-order chi connectivity index (χ0) is 14.8. The number of para-hydroxylation sites is 1. The van der Waals surface area contributed by atoms with E-state index in [1.165, 1.54) is 6.07 Å². The lowest BCUT2D eigenvalue weighted by Gasteiger charge is -2.12. The van der Waals surface area contributed by atoms with Crippen molar-refractivity contribution < 1.29 is 14.6 Å². The van der Waals surface area contributed by atoms with E-state index in [9.17, 15) is 9.90 Å². The summed E-state index contributed by atoms with van der Waals surface area (Å²) in [5.41, 5.74) is 0.0374. The van der Waals surface area contributed by atoms with Crippen LogP contribution in [0.25, 0.3) is 10.8 Å². The van der Waals surface area contributed by atoms with E-state index in [2.05, 4.69) is 0 Å². The van der Waals surface area contributed by atoms with Crippen molar-refractivity contribution >= 4 is 28.3 Å². The van der Waals surface area contributed by atoms with Crippen molar-refractivity contribution in [3.8, 4) is 11.5 Å². The maximum atomic E-state index is 11.3. The summed E-state index contributed by atoms with van der Waals surface area (Å²) in [6, 6.07) is 18.0. The quantitative estimate of drug-likeness (QED) is 0.741. The van der Waals surface area contributed by atoms with Gasteiger partial charge in [0.1, 0.15) is 11.3 Å². The highest BCUT2D eigenvalue weighted by atomic mass is 35.5. The van der Waals surface area contributed by atoms with Crippen molar-refractivity contribution in [1.29, 1.82) is 0 Å². The standard InChI is InChI=1S/C17H11ClO3/c18-14-9-4-8-13(17(19)20)16(14)21-15-10-3-6-11-5-1-2-7-12(11)15/h1-10H,(H,19,20). The van der Waals surface area contributed by atoms with Crippen LogP contribution in [0.5, 0.6) is 11.5 Å². The Labute approximate surface area is 126 Å². The predicted octanol–water partition coefficient (Wildman–Crippen LogP) is 4.98. The summed E-state index contributed by atoms with van der Waals surface area (Å²) in [7, 11) is 0. The first-order valence-electron chi connectivity index (χ1n) is 6.34. The monoisotopic (exact) mass is 298 g/mol. The first-order valence-corrected chi connectivity index (χ1v) is 6.72. The van der Waals surface area contributed by atoms with Crippen LogP contribution in [0.3, 0.4) is 0 Å². The Morgan fingerprint density at radius 2 is 1.67 bits per heavy atom. The summed E-state index contributed by atoms with van der Waals surface area (Å²) < 4.78 is 5.80. The highest BCUT2D eigenvalue weighted by Gasteiger charge is 2.16. The number of hydrogen-bond acceptors (Lipinski definition) is 2. The summed E-state index contributed by atoms with van der Waals surface area (Å²) in [6.45, 7) is 0. The lowest BCUT2D eigenvalue weighted by atomic mass is 10.1. The van der Waals surface area contributed by atoms with E-state index in [1.807, 2.05) is 36.4 Å². The highest BCUT2D eigenvalue weighted by molar-refractivity contribution is 6.32. The molecule has 0 saturated heterocycles. The van der Waals surface area contributed by atoms with Crippen LogP contribution in [0.4, 0.5) is 0 Å². The van der Waals surface area contributed by atoms with Crippen LogP contribution in [0, 0.1) is 0 Å². The molecule has 104 valence electrons. The van der Waals surface area contributed by atoms with Crippen LogP contribution in [0.15, 0.2) is 60.7 Å². The van der Waals surface area contributed by atoms with Crippen molar-refractivity contribution in [2.45, 2.75) is 0 Å². The highest BCUT2D eigenvalue weighted by Crippen LogP contribution is 2.36. The van der Waals surface area contributed by atoms with Crippen molar-refractivity contribution in [1.82, 2.24) is 0 Å². The maximum Gasteiger partial charge on any atom is 0.339 e. The maximum absolute atomic E-state index is 11.3. The minimum Gasteiger partial charge on any atom is -0.478 e. The Kier molecular flexibility index (Phi) is 3.50. The molecule has 21 heavy (non-hydrogen) atoms. The fourth-order valence-electron chi connectivity index (χ4n) is 2.18. The molecule has 0 fully saturated rings. The lowest BCUT2D eigenvalue weighted by molar-refractivity contribution is 0.0694. The molecule has 0 bridgehead atoms. The molecule has 0 aliphatic carbocycles. The van der Waals surface area contributed by atoms with Gasteiger partial charge in [-0.05, 0) is 23.6 Å². The summed E-state index contributed by atoms with van der Waals surface area (Å²) in [5, 5.41) is 11.4. The SMILES string of the molecule is O=C(O)c1cccc(Cl)c1Oc1cccc2ccccc12. The van der Waals surface area contributed by atoms with Gasteiger partial charge in [-0.3, -0.25) is 0 Å². The predicted molar refractivity (Wildman–Crippen MR) is 82.4 cm³/mol. The van der Waals surface area contributed by atoms with Gasteiger partial charge in [-0.25, -0.2) is 4.79 Å². The molecular weight excluding hydrogens is 288 g/mol. The molecule has 0 saturated carbocycles. The largest absolute Gasteiger partial charge is 0.478 e. The van der Waals surface area contributed by atoms with E-state index in [0.717, 1.165) is 10.8 Å². The minimum atomic E-state index is -1.08. The van der Waals surface area contributed by atoms with E-state index in [-0.39, 0.29) is 16.3 Å². The number of benzene rings is 3. The summed E-state index contributed by atoms with van der Waals surface area (Å²) >= 11 is 6.09. The Morgan fingerprint density at radius 1 is 0.952 bits per heavy atom. The van der Waals surface area contributed by atoms with Gasteiger partial charge in [0.05, 0.1) is 5.02 Å². The lowest BCUT2D eigenvalue weighted by Crippen LogP contribution is -2.00. The van der Waals surface area contributed by atoms with Crippen LogP contribution in [-0.4, -0.2) is 11.1 Å². The third-order valence-corrected chi connectivity index (χ3v) is 3.46. The Bertz CT molecular complexity index is 822. The van der Waals surface area contributed by atoms with Crippen molar-refractivity contribution in [2.75, 3.05) is 0 Å². The van der Waals surface area contributed by atoms with Gasteiger partial charge in [0, 0.05) is 5.39 Å². The van der Waals surface area contributed by atoms with Gasteiger partial charge in [0.15, 0.2) is 5.75 Å². The van der Waals surface area contributed by atoms with E-state index in [0.29, 0.717) is 5.75 Å². The third kappa shape index (κ3) is 2.56. The van der Waals surface area contributed by atoms with E-state index in [1.54, 1.807) is 18.2 Å². The van der Waals surface area contributed by atoms with Gasteiger partial charge in [-0.2, -0.15) is 0 Å². The van der Waals surface area contributed by atoms with Crippen molar-refractivity contribution in [2.24, 2.45) is 0 Å². The Balaban J connectivity index is 2.13. The van der Waals surface area contributed by atoms with Gasteiger partial charge in [0.25, 0.3) is 0 Å². The van der Waals surface area contributed by atoms with E-state index in [4.69, 9.17) is 16.3 Å². The molecule has 0 atom stereocenters. The minimum absolute atomic E-state index is 0.0374. The molecule has 0 unspecified atom stereocenters. The number of aromatic carboxylic acids is 1. The Morgan fingerprint density at radius 3 is 2.48 bits per heavy atom. The number of carboxylic acid groups (broad SMARTS) is 1. The number of rotatable bonds is 3. The smallest absolute Gasteiger partial charge is 0.339 e. The molecule has 0 spiro atoms. The zero-order valence-corrected chi connectivity index (χ0v) is 11.7. The van der Waals surface area contributed by atoms with Gasteiger partial charge >= 0.3 is 5.97 Å². The molecule has 0 heterocycles. The fraction of sp³-hybridized carbons (Fsp3) is 0. The normalized spacial score (nSPS) is 10.5. The second kappa shape index (κ2) is 5.46. The van der Waals surface area contributed by atoms with Crippen molar-refractivity contribution in [3.63, 3.8) is 0 Å². The third-order valence-electron chi connectivity index (χ3n) is 3.16. The van der Waals surface area contributed by atoms with Crippen molar-refractivity contribution in [3.05, 3.63) is 71.2 Å². The summed E-state index contributed by atoms with van der Waals surface area (Å²) in [5.74, 6) is -0.348. The number of hydrogen-bond donors (Lipinski definition) is 1. The van der Waals surface area contributed by atoms with Gasteiger partial charge in [-0.1, -0.05) is 54.1 Å². The molecule has 0 aromatic heterocycles. The van der Waals surface area contributed by atoms with Crippen LogP contribution >= 0.6 is 11.6 Å². The number of ether oxygens (including phenoxy) is 1. The van der Waals surface area contributed by atoms with Gasteiger partial charge < -0.3 is 9.84 Å². The Hall–Kier alpha value is -2.52. The molecule has 3 aromatic carbocycles. The molecule has 4 heteroatoms.